The molecule has 0 unspecified atom stereocenters. The summed E-state index contributed by atoms with van der Waals surface area (Å²) in [6, 6.07) is 15.3. The first-order valence-corrected chi connectivity index (χ1v) is 8.66. The second-order valence-electron chi connectivity index (χ2n) is 6.54. The number of piperidine rings is 1. The lowest BCUT2D eigenvalue weighted by Gasteiger charge is -2.32. The topological polar surface area (TPSA) is 40.5 Å². The van der Waals surface area contributed by atoms with E-state index >= 15 is 0 Å². The summed E-state index contributed by atoms with van der Waals surface area (Å²) < 4.78 is 0. The Morgan fingerprint density at radius 2 is 1.78 bits per heavy atom. The third-order valence-electron chi connectivity index (χ3n) is 4.97. The van der Waals surface area contributed by atoms with Crippen LogP contribution in [0.2, 0.25) is 0 Å². The molecule has 1 saturated heterocycles. The van der Waals surface area contributed by atoms with E-state index in [0.29, 0.717) is 12.3 Å². The van der Waals surface area contributed by atoms with Gasteiger partial charge in [0, 0.05) is 6.42 Å². The molecule has 0 aromatic heterocycles. The van der Waals surface area contributed by atoms with Crippen molar-refractivity contribution in [2.45, 2.75) is 38.0 Å². The Labute approximate surface area is 137 Å². The van der Waals surface area contributed by atoms with E-state index in [-0.39, 0.29) is 0 Å². The van der Waals surface area contributed by atoms with Crippen molar-refractivity contribution in [3.05, 3.63) is 48.0 Å². The number of likely N-dealkylation sites (tertiary alicyclic amines) is 1. The van der Waals surface area contributed by atoms with Crippen LogP contribution < -0.4 is 0 Å². The Bertz CT molecular complexity index is 654. The first-order valence-electron chi connectivity index (χ1n) is 8.66. The molecule has 3 nitrogen and oxygen atoms in total. The second kappa shape index (κ2) is 7.60. The van der Waals surface area contributed by atoms with Crippen LogP contribution in [0.3, 0.4) is 0 Å². The van der Waals surface area contributed by atoms with Crippen LogP contribution in [0.4, 0.5) is 0 Å². The number of hydrogen-bond acceptors (Lipinski definition) is 2. The fourth-order valence-electron chi connectivity index (χ4n) is 3.69. The van der Waals surface area contributed by atoms with Gasteiger partial charge in [-0.15, -0.1) is 0 Å². The first-order chi connectivity index (χ1) is 11.2. The number of unbranched alkanes of at least 4 members (excludes halogenated alkanes) is 1. The first kappa shape index (κ1) is 16.0. The molecule has 2 aromatic rings. The standard InChI is InChI=1S/C20H25NO2/c22-20(23)10-3-4-13-21-14-11-17(12-15-21)19-9-5-7-16-6-1-2-8-18(16)19/h1-2,5-9,17H,3-4,10-15H2,(H,22,23). The minimum Gasteiger partial charge on any atom is -0.481 e. The smallest absolute Gasteiger partial charge is 0.303 e. The van der Waals surface area contributed by atoms with Crippen molar-refractivity contribution >= 4 is 16.7 Å². The molecule has 0 radical (unpaired) electrons. The molecule has 1 heterocycles. The summed E-state index contributed by atoms with van der Waals surface area (Å²) in [7, 11) is 0. The Morgan fingerprint density at radius 1 is 1.04 bits per heavy atom. The number of hydrogen-bond donors (Lipinski definition) is 1. The molecule has 1 aliphatic heterocycles. The number of carboxylic acids is 1. The zero-order chi connectivity index (χ0) is 16.1. The van der Waals surface area contributed by atoms with Crippen LogP contribution in [0.15, 0.2) is 42.5 Å². The SMILES string of the molecule is O=C(O)CCCCN1CCC(c2cccc3ccccc23)CC1. The van der Waals surface area contributed by atoms with Gasteiger partial charge in [-0.3, -0.25) is 4.79 Å². The highest BCUT2D eigenvalue weighted by Crippen LogP contribution is 2.33. The minimum atomic E-state index is -0.681. The van der Waals surface area contributed by atoms with Gasteiger partial charge < -0.3 is 10.0 Å². The predicted octanol–water partition coefficient (Wildman–Crippen LogP) is 4.27. The van der Waals surface area contributed by atoms with E-state index < -0.39 is 5.97 Å². The number of carbonyl (C=O) groups is 1. The zero-order valence-electron chi connectivity index (χ0n) is 13.6. The molecular weight excluding hydrogens is 286 g/mol. The van der Waals surface area contributed by atoms with Gasteiger partial charge in [-0.1, -0.05) is 42.5 Å². The molecule has 0 amide bonds. The van der Waals surface area contributed by atoms with Crippen LogP contribution in [0.1, 0.15) is 43.6 Å². The second-order valence-corrected chi connectivity index (χ2v) is 6.54. The number of fused-ring (bicyclic) bond motifs is 1. The maximum absolute atomic E-state index is 10.5. The van der Waals surface area contributed by atoms with Crippen LogP contribution >= 0.6 is 0 Å². The Kier molecular flexibility index (Phi) is 5.29. The van der Waals surface area contributed by atoms with E-state index in [9.17, 15) is 4.79 Å². The molecule has 122 valence electrons. The molecule has 1 fully saturated rings. The summed E-state index contributed by atoms with van der Waals surface area (Å²) >= 11 is 0. The van der Waals surface area contributed by atoms with Gasteiger partial charge in [0.25, 0.3) is 0 Å². The molecule has 0 saturated carbocycles. The van der Waals surface area contributed by atoms with Gasteiger partial charge in [0.05, 0.1) is 0 Å². The van der Waals surface area contributed by atoms with Crippen LogP contribution in [0.5, 0.6) is 0 Å². The van der Waals surface area contributed by atoms with E-state index in [0.717, 1.165) is 32.5 Å². The molecule has 0 bridgehead atoms. The Balaban J connectivity index is 1.55. The molecule has 3 heteroatoms. The van der Waals surface area contributed by atoms with Crippen molar-refractivity contribution in [1.29, 1.82) is 0 Å². The van der Waals surface area contributed by atoms with Crippen molar-refractivity contribution in [1.82, 2.24) is 4.90 Å². The van der Waals surface area contributed by atoms with Gasteiger partial charge >= 0.3 is 5.97 Å². The minimum absolute atomic E-state index is 0.298. The van der Waals surface area contributed by atoms with E-state index in [1.807, 2.05) is 0 Å². The van der Waals surface area contributed by atoms with Crippen LogP contribution in [0, 0.1) is 0 Å². The van der Waals surface area contributed by atoms with E-state index in [1.165, 1.54) is 29.2 Å². The number of aliphatic carboxylic acids is 1. The molecule has 0 aliphatic carbocycles. The highest BCUT2D eigenvalue weighted by molar-refractivity contribution is 5.86. The summed E-state index contributed by atoms with van der Waals surface area (Å²) in [5.74, 6) is -0.0315. The molecule has 0 atom stereocenters. The van der Waals surface area contributed by atoms with Gasteiger partial charge in [-0.25, -0.2) is 0 Å². The maximum atomic E-state index is 10.5. The van der Waals surface area contributed by atoms with Gasteiger partial charge in [0.2, 0.25) is 0 Å². The molecular formula is C20H25NO2. The fraction of sp³-hybridized carbons (Fsp3) is 0.450. The van der Waals surface area contributed by atoms with Crippen LogP contribution in [-0.2, 0) is 4.79 Å². The van der Waals surface area contributed by atoms with Crippen molar-refractivity contribution in [3.63, 3.8) is 0 Å². The van der Waals surface area contributed by atoms with Crippen molar-refractivity contribution < 1.29 is 9.90 Å². The maximum Gasteiger partial charge on any atom is 0.303 e. The molecule has 23 heavy (non-hydrogen) atoms. The quantitative estimate of drug-likeness (QED) is 0.810. The number of rotatable bonds is 6. The lowest BCUT2D eigenvalue weighted by atomic mass is 9.86. The molecule has 2 aromatic carbocycles. The Hall–Kier alpha value is -1.87. The van der Waals surface area contributed by atoms with Crippen molar-refractivity contribution in [3.8, 4) is 0 Å². The fourth-order valence-corrected chi connectivity index (χ4v) is 3.69. The monoisotopic (exact) mass is 311 g/mol. The molecule has 1 aliphatic rings. The molecule has 0 spiro atoms. The van der Waals surface area contributed by atoms with Gasteiger partial charge in [-0.2, -0.15) is 0 Å². The molecule has 3 rings (SSSR count). The largest absolute Gasteiger partial charge is 0.481 e. The third-order valence-corrected chi connectivity index (χ3v) is 4.97. The van der Waals surface area contributed by atoms with Crippen molar-refractivity contribution in [2.75, 3.05) is 19.6 Å². The number of benzene rings is 2. The number of carboxylic acid groups (broad SMARTS) is 1. The predicted molar refractivity (Wildman–Crippen MR) is 93.8 cm³/mol. The van der Waals surface area contributed by atoms with E-state index in [4.69, 9.17) is 5.11 Å². The third kappa shape index (κ3) is 4.11. The summed E-state index contributed by atoms with van der Waals surface area (Å²) in [4.78, 5) is 13.0. The Morgan fingerprint density at radius 3 is 2.57 bits per heavy atom. The summed E-state index contributed by atoms with van der Waals surface area (Å²) in [5.41, 5.74) is 1.49. The average molecular weight is 311 g/mol. The van der Waals surface area contributed by atoms with E-state index in [2.05, 4.69) is 47.4 Å². The summed E-state index contributed by atoms with van der Waals surface area (Å²) in [6.45, 7) is 3.29. The van der Waals surface area contributed by atoms with Gasteiger partial charge in [-0.05, 0) is 67.6 Å². The lowest BCUT2D eigenvalue weighted by Crippen LogP contribution is -2.33. The lowest BCUT2D eigenvalue weighted by molar-refractivity contribution is -0.137. The zero-order valence-corrected chi connectivity index (χ0v) is 13.6. The van der Waals surface area contributed by atoms with Gasteiger partial charge in [0.15, 0.2) is 0 Å². The highest BCUT2D eigenvalue weighted by Gasteiger charge is 2.21. The summed E-state index contributed by atoms with van der Waals surface area (Å²) in [5, 5.41) is 11.4. The number of nitrogens with zero attached hydrogens (tertiary/aromatic N) is 1. The van der Waals surface area contributed by atoms with E-state index in [1.54, 1.807) is 0 Å². The average Bonchev–Trinajstić information content (AvgIpc) is 2.59. The van der Waals surface area contributed by atoms with Crippen LogP contribution in [-0.4, -0.2) is 35.6 Å². The normalized spacial score (nSPS) is 16.7. The highest BCUT2D eigenvalue weighted by atomic mass is 16.4. The molecule has 1 N–H and O–H groups in total. The van der Waals surface area contributed by atoms with Crippen molar-refractivity contribution in [2.24, 2.45) is 0 Å². The van der Waals surface area contributed by atoms with Crippen LogP contribution in [0.25, 0.3) is 10.8 Å². The van der Waals surface area contributed by atoms with Gasteiger partial charge in [0.1, 0.15) is 0 Å². The summed E-state index contributed by atoms with van der Waals surface area (Å²) in [6.07, 6.45) is 4.48.